The third kappa shape index (κ3) is 6.34. The second-order valence-electron chi connectivity index (χ2n) is 8.46. The summed E-state index contributed by atoms with van der Waals surface area (Å²) >= 11 is 1.20. The summed E-state index contributed by atoms with van der Waals surface area (Å²) in [5.41, 5.74) is 0.638. The van der Waals surface area contributed by atoms with E-state index in [1.54, 1.807) is 10.6 Å². The predicted molar refractivity (Wildman–Crippen MR) is 129 cm³/mol. The predicted octanol–water partition coefficient (Wildman–Crippen LogP) is 5.54. The molecule has 1 N–H and O–H groups in total. The molecule has 0 spiro atoms. The number of halogens is 3. The number of carbonyl (C=O) groups excluding carboxylic acids is 1. The minimum atomic E-state index is -4.48. The largest absolute Gasteiger partial charge is 0.447 e. The van der Waals surface area contributed by atoms with Gasteiger partial charge >= 0.3 is 6.18 Å². The minimum Gasteiger partial charge on any atom is -0.447 e. The van der Waals surface area contributed by atoms with Gasteiger partial charge in [0.2, 0.25) is 5.89 Å². The van der Waals surface area contributed by atoms with Gasteiger partial charge in [-0.1, -0.05) is 62.0 Å². The number of hydrogen-bond donors (Lipinski definition) is 1. The van der Waals surface area contributed by atoms with Crippen molar-refractivity contribution in [3.8, 4) is 5.69 Å². The van der Waals surface area contributed by atoms with Crippen LogP contribution in [-0.2, 0) is 18.3 Å². The van der Waals surface area contributed by atoms with Crippen molar-refractivity contribution in [1.29, 1.82) is 0 Å². The Hall–Kier alpha value is -3.60. The summed E-state index contributed by atoms with van der Waals surface area (Å²) in [6, 6.07) is 14.5. The highest BCUT2D eigenvalue weighted by molar-refractivity contribution is 7.98. The lowest BCUT2D eigenvalue weighted by molar-refractivity contribution is -0.137. The lowest BCUT2D eigenvalue weighted by Gasteiger charge is -2.13. The number of hydrogen-bond acceptors (Lipinski definition) is 6. The highest BCUT2D eigenvalue weighted by Gasteiger charge is 2.31. The van der Waals surface area contributed by atoms with Gasteiger partial charge in [-0.3, -0.25) is 9.36 Å². The van der Waals surface area contributed by atoms with E-state index in [-0.39, 0.29) is 23.2 Å². The van der Waals surface area contributed by atoms with Crippen molar-refractivity contribution in [2.75, 3.05) is 6.54 Å². The molecule has 188 valence electrons. The highest BCUT2D eigenvalue weighted by atomic mass is 32.2. The van der Waals surface area contributed by atoms with E-state index >= 15 is 0 Å². The van der Waals surface area contributed by atoms with Gasteiger partial charge in [0, 0.05) is 13.0 Å². The molecule has 0 aliphatic rings. The molecule has 2 aromatic carbocycles. The van der Waals surface area contributed by atoms with Gasteiger partial charge in [-0.05, 0) is 29.7 Å². The molecular weight excluding hydrogens is 491 g/mol. The van der Waals surface area contributed by atoms with Crippen LogP contribution in [0.1, 0.15) is 47.2 Å². The number of alkyl halides is 3. The summed E-state index contributed by atoms with van der Waals surface area (Å²) in [4.78, 5) is 16.4. The molecular formula is C25H24F3N5O2S. The third-order valence-corrected chi connectivity index (χ3v) is 6.03. The second kappa shape index (κ2) is 11.0. The maximum absolute atomic E-state index is 13.4. The maximum Gasteiger partial charge on any atom is 0.416 e. The quantitative estimate of drug-likeness (QED) is 0.295. The molecule has 0 radical (unpaired) electrons. The molecule has 4 aromatic rings. The number of nitrogens with zero attached hydrogens (tertiary/aromatic N) is 4. The van der Waals surface area contributed by atoms with Crippen molar-refractivity contribution in [3.63, 3.8) is 0 Å². The summed E-state index contributed by atoms with van der Waals surface area (Å²) in [6.45, 7) is 4.48. The van der Waals surface area contributed by atoms with E-state index < -0.39 is 11.7 Å². The van der Waals surface area contributed by atoms with E-state index in [2.05, 4.69) is 20.5 Å². The van der Waals surface area contributed by atoms with Crippen LogP contribution >= 0.6 is 11.8 Å². The second-order valence-corrected chi connectivity index (χ2v) is 9.41. The van der Waals surface area contributed by atoms with Crippen LogP contribution in [0.4, 0.5) is 13.2 Å². The molecule has 0 unspecified atom stereocenters. The highest BCUT2D eigenvalue weighted by Crippen LogP contribution is 2.32. The van der Waals surface area contributed by atoms with Gasteiger partial charge in [0.05, 0.1) is 17.0 Å². The Balaban J connectivity index is 1.59. The number of amides is 1. The molecule has 0 fully saturated rings. The molecule has 0 bridgehead atoms. The summed E-state index contributed by atoms with van der Waals surface area (Å²) in [6.07, 6.45) is -2.82. The molecule has 2 heterocycles. The number of benzene rings is 2. The van der Waals surface area contributed by atoms with Crippen LogP contribution < -0.4 is 5.32 Å². The van der Waals surface area contributed by atoms with Gasteiger partial charge in [0.1, 0.15) is 12.1 Å². The Kier molecular flexibility index (Phi) is 7.78. The van der Waals surface area contributed by atoms with Crippen LogP contribution in [0.5, 0.6) is 0 Å². The first-order valence-corrected chi connectivity index (χ1v) is 12.2. The first-order chi connectivity index (χ1) is 17.2. The van der Waals surface area contributed by atoms with Gasteiger partial charge in [0.15, 0.2) is 10.9 Å². The van der Waals surface area contributed by atoms with E-state index in [0.29, 0.717) is 35.6 Å². The van der Waals surface area contributed by atoms with Gasteiger partial charge < -0.3 is 9.73 Å². The molecule has 2 aromatic heterocycles. The Morgan fingerprint density at radius 3 is 2.61 bits per heavy atom. The van der Waals surface area contributed by atoms with Crippen LogP contribution in [0.2, 0.25) is 0 Å². The molecule has 1 amide bonds. The number of oxazole rings is 1. The first-order valence-electron chi connectivity index (χ1n) is 11.2. The molecule has 0 saturated heterocycles. The number of nitrogens with one attached hydrogen (secondary N) is 1. The molecule has 0 aliphatic carbocycles. The zero-order chi connectivity index (χ0) is 25.7. The van der Waals surface area contributed by atoms with E-state index in [0.717, 1.165) is 17.7 Å². The van der Waals surface area contributed by atoms with Gasteiger partial charge in [-0.2, -0.15) is 13.2 Å². The number of thioether (sulfide) groups is 1. The van der Waals surface area contributed by atoms with Crippen molar-refractivity contribution in [2.24, 2.45) is 5.92 Å². The average molecular weight is 516 g/mol. The lowest BCUT2D eigenvalue weighted by atomic mass is 10.1. The topological polar surface area (TPSA) is 85.8 Å². The van der Waals surface area contributed by atoms with Crippen LogP contribution in [0, 0.1) is 5.92 Å². The van der Waals surface area contributed by atoms with E-state index in [1.165, 1.54) is 24.1 Å². The van der Waals surface area contributed by atoms with Crippen molar-refractivity contribution < 1.29 is 22.4 Å². The normalized spacial score (nSPS) is 11.7. The SMILES string of the molecule is CC(C)CNC(=O)c1coc(CSc2nnc(Cc3ccccc3)n2-c2cccc(C(F)(F)F)c2)n1. The van der Waals surface area contributed by atoms with Crippen LogP contribution in [0.15, 0.2) is 70.4 Å². The van der Waals surface area contributed by atoms with Crippen LogP contribution in [0.25, 0.3) is 5.69 Å². The fourth-order valence-electron chi connectivity index (χ4n) is 3.36. The van der Waals surface area contributed by atoms with Gasteiger partial charge in [-0.25, -0.2) is 4.98 Å². The fraction of sp³-hybridized carbons (Fsp3) is 0.280. The van der Waals surface area contributed by atoms with E-state index in [1.807, 2.05) is 44.2 Å². The number of rotatable bonds is 9. The maximum atomic E-state index is 13.4. The van der Waals surface area contributed by atoms with Crippen molar-refractivity contribution in [3.05, 3.63) is 89.4 Å². The Bertz CT molecular complexity index is 1320. The summed E-state index contributed by atoms with van der Waals surface area (Å²) in [5, 5.41) is 11.6. The smallest absolute Gasteiger partial charge is 0.416 e. The molecule has 36 heavy (non-hydrogen) atoms. The summed E-state index contributed by atoms with van der Waals surface area (Å²) in [5.74, 6) is 0.950. The van der Waals surface area contributed by atoms with Crippen LogP contribution in [0.3, 0.4) is 0 Å². The molecule has 0 aliphatic heterocycles. The lowest BCUT2D eigenvalue weighted by Crippen LogP contribution is -2.27. The van der Waals surface area contributed by atoms with Crippen LogP contribution in [-0.4, -0.2) is 32.2 Å². The Morgan fingerprint density at radius 1 is 1.11 bits per heavy atom. The number of aromatic nitrogens is 4. The van der Waals surface area contributed by atoms with Gasteiger partial charge in [-0.15, -0.1) is 10.2 Å². The molecule has 11 heteroatoms. The van der Waals surface area contributed by atoms with E-state index in [4.69, 9.17) is 4.42 Å². The Labute approximate surface area is 210 Å². The minimum absolute atomic E-state index is 0.162. The first kappa shape index (κ1) is 25.5. The molecule has 0 saturated carbocycles. The molecule has 0 atom stereocenters. The van der Waals surface area contributed by atoms with Crippen molar-refractivity contribution in [1.82, 2.24) is 25.1 Å². The van der Waals surface area contributed by atoms with Gasteiger partial charge in [0.25, 0.3) is 5.91 Å². The summed E-state index contributed by atoms with van der Waals surface area (Å²) < 4.78 is 47.2. The average Bonchev–Trinajstić information content (AvgIpc) is 3.48. The van der Waals surface area contributed by atoms with E-state index in [9.17, 15) is 18.0 Å². The summed E-state index contributed by atoms with van der Waals surface area (Å²) in [7, 11) is 0. The zero-order valence-electron chi connectivity index (χ0n) is 19.6. The number of carbonyl (C=O) groups is 1. The standard InChI is InChI=1S/C25H24F3N5O2S/c1-16(2)13-29-23(34)20-14-35-22(30-20)15-36-24-32-31-21(11-17-7-4-3-5-8-17)33(24)19-10-6-9-18(12-19)25(26,27)28/h3-10,12,14,16H,11,13,15H2,1-2H3,(H,29,34). The Morgan fingerprint density at radius 2 is 1.89 bits per heavy atom. The zero-order valence-corrected chi connectivity index (χ0v) is 20.4. The third-order valence-electron chi connectivity index (χ3n) is 5.12. The monoisotopic (exact) mass is 515 g/mol. The van der Waals surface area contributed by atoms with Crippen molar-refractivity contribution >= 4 is 17.7 Å². The van der Waals surface area contributed by atoms with Crippen molar-refractivity contribution in [2.45, 2.75) is 37.4 Å². The molecule has 7 nitrogen and oxygen atoms in total. The fourth-order valence-corrected chi connectivity index (χ4v) is 4.19. The molecule has 4 rings (SSSR count).